The number of benzene rings is 2. The highest BCUT2D eigenvalue weighted by atomic mass is 16.5. The second-order valence-electron chi connectivity index (χ2n) is 6.47. The predicted octanol–water partition coefficient (Wildman–Crippen LogP) is 3.28. The van der Waals surface area contributed by atoms with Crippen LogP contribution in [0.4, 0.5) is 4.79 Å². The number of amides is 3. The van der Waals surface area contributed by atoms with E-state index in [0.717, 1.165) is 17.4 Å². The maximum absolute atomic E-state index is 12.6. The molecule has 3 aromatic rings. The molecule has 1 heterocycles. The molecule has 0 saturated carbocycles. The summed E-state index contributed by atoms with van der Waals surface area (Å²) in [5, 5.41) is 5.27. The lowest BCUT2D eigenvalue weighted by atomic mass is 10.1. The average molecular weight is 394 g/mol. The molecule has 1 atom stereocenters. The molecule has 2 N–H and O–H groups in total. The van der Waals surface area contributed by atoms with Crippen LogP contribution < -0.4 is 10.6 Å². The Morgan fingerprint density at radius 2 is 1.86 bits per heavy atom. The fraction of sp³-hybridized carbons (Fsp3) is 0.227. The van der Waals surface area contributed by atoms with E-state index in [4.69, 9.17) is 9.15 Å². The zero-order valence-electron chi connectivity index (χ0n) is 16.2. The monoisotopic (exact) mass is 394 g/mol. The first-order chi connectivity index (χ1) is 14.0. The van der Waals surface area contributed by atoms with E-state index in [2.05, 4.69) is 17.6 Å². The lowest BCUT2D eigenvalue weighted by Gasteiger charge is -2.17. The standard InChI is InChI=1S/C22H22N2O5/c1-3-14-9-10-17-16(13-28-18(17)11-14)12-19(25)29-20(15-7-5-4-6-8-15)21(26)24-22(27)23-2/h4-11,13,20H,3,12H2,1-2H3,(H2,23,24,26,27)/t20-/m1/s1. The molecule has 3 amide bonds. The van der Waals surface area contributed by atoms with Crippen LogP contribution in [0.5, 0.6) is 0 Å². The Balaban J connectivity index is 1.78. The van der Waals surface area contributed by atoms with Gasteiger partial charge in [-0.3, -0.25) is 14.9 Å². The van der Waals surface area contributed by atoms with Crippen molar-refractivity contribution < 1.29 is 23.5 Å². The number of rotatable bonds is 6. The molecule has 7 nitrogen and oxygen atoms in total. The number of hydrogen-bond acceptors (Lipinski definition) is 5. The maximum Gasteiger partial charge on any atom is 0.321 e. The van der Waals surface area contributed by atoms with Crippen molar-refractivity contribution in [2.45, 2.75) is 25.9 Å². The van der Waals surface area contributed by atoms with E-state index in [1.807, 2.05) is 18.2 Å². The average Bonchev–Trinajstić information content (AvgIpc) is 3.14. The van der Waals surface area contributed by atoms with E-state index in [-0.39, 0.29) is 6.42 Å². The van der Waals surface area contributed by atoms with Gasteiger partial charge in [0.1, 0.15) is 5.58 Å². The fourth-order valence-corrected chi connectivity index (χ4v) is 2.95. The highest BCUT2D eigenvalue weighted by Crippen LogP contribution is 2.25. The second-order valence-corrected chi connectivity index (χ2v) is 6.47. The van der Waals surface area contributed by atoms with Crippen LogP contribution in [0.1, 0.15) is 29.7 Å². The molecule has 0 bridgehead atoms. The molecule has 0 unspecified atom stereocenters. The maximum atomic E-state index is 12.6. The molecule has 1 aromatic heterocycles. The topological polar surface area (TPSA) is 97.6 Å². The van der Waals surface area contributed by atoms with Crippen molar-refractivity contribution in [3.63, 3.8) is 0 Å². The van der Waals surface area contributed by atoms with E-state index in [0.29, 0.717) is 16.7 Å². The molecule has 2 aromatic carbocycles. The van der Waals surface area contributed by atoms with Crippen molar-refractivity contribution in [1.82, 2.24) is 10.6 Å². The summed E-state index contributed by atoms with van der Waals surface area (Å²) in [5.74, 6) is -1.33. The van der Waals surface area contributed by atoms with Crippen molar-refractivity contribution >= 4 is 28.9 Å². The van der Waals surface area contributed by atoms with Crippen LogP contribution in [0.2, 0.25) is 0 Å². The first-order valence-corrected chi connectivity index (χ1v) is 9.27. The van der Waals surface area contributed by atoms with Gasteiger partial charge in [0, 0.05) is 23.6 Å². The Morgan fingerprint density at radius 3 is 2.55 bits per heavy atom. The van der Waals surface area contributed by atoms with Gasteiger partial charge in [-0.05, 0) is 18.1 Å². The molecule has 0 radical (unpaired) electrons. The van der Waals surface area contributed by atoms with Gasteiger partial charge in [-0.2, -0.15) is 0 Å². The number of esters is 1. The van der Waals surface area contributed by atoms with Gasteiger partial charge in [0.25, 0.3) is 5.91 Å². The van der Waals surface area contributed by atoms with E-state index in [1.54, 1.807) is 30.3 Å². The number of imide groups is 1. The van der Waals surface area contributed by atoms with Gasteiger partial charge in [-0.1, -0.05) is 49.4 Å². The number of carbonyl (C=O) groups is 3. The molecule has 0 aliphatic rings. The smallest absolute Gasteiger partial charge is 0.321 e. The van der Waals surface area contributed by atoms with Crippen LogP contribution in [-0.4, -0.2) is 25.0 Å². The van der Waals surface area contributed by atoms with Gasteiger partial charge in [-0.15, -0.1) is 0 Å². The minimum absolute atomic E-state index is 0.0605. The largest absolute Gasteiger partial charge is 0.464 e. The number of nitrogens with one attached hydrogen (secondary N) is 2. The Labute approximate surface area is 168 Å². The van der Waals surface area contributed by atoms with Crippen molar-refractivity contribution in [2.24, 2.45) is 0 Å². The third-order valence-electron chi connectivity index (χ3n) is 4.52. The van der Waals surface area contributed by atoms with E-state index < -0.39 is 24.0 Å². The fourth-order valence-electron chi connectivity index (χ4n) is 2.95. The molecule has 0 fully saturated rings. The highest BCUT2D eigenvalue weighted by molar-refractivity contribution is 5.98. The molecule has 0 saturated heterocycles. The summed E-state index contributed by atoms with van der Waals surface area (Å²) in [6.07, 6.45) is 1.10. The molecule has 0 spiro atoms. The van der Waals surface area contributed by atoms with Crippen LogP contribution in [0.3, 0.4) is 0 Å². The summed E-state index contributed by atoms with van der Waals surface area (Å²) in [7, 11) is 1.39. The molecular weight excluding hydrogens is 372 g/mol. The van der Waals surface area contributed by atoms with E-state index >= 15 is 0 Å². The summed E-state index contributed by atoms with van der Waals surface area (Å²) in [6, 6.07) is 13.7. The summed E-state index contributed by atoms with van der Waals surface area (Å²) in [6.45, 7) is 2.05. The molecule has 0 aliphatic carbocycles. The number of aryl methyl sites for hydroxylation is 1. The Morgan fingerprint density at radius 1 is 1.10 bits per heavy atom. The predicted molar refractivity (Wildman–Crippen MR) is 107 cm³/mol. The lowest BCUT2D eigenvalue weighted by molar-refractivity contribution is -0.155. The molecule has 7 heteroatoms. The van der Waals surface area contributed by atoms with Gasteiger partial charge in [-0.25, -0.2) is 4.79 Å². The molecule has 29 heavy (non-hydrogen) atoms. The highest BCUT2D eigenvalue weighted by Gasteiger charge is 2.26. The number of furan rings is 1. The Hall–Kier alpha value is -3.61. The van der Waals surface area contributed by atoms with Crippen molar-refractivity contribution in [3.8, 4) is 0 Å². The van der Waals surface area contributed by atoms with Crippen LogP contribution in [0, 0.1) is 0 Å². The van der Waals surface area contributed by atoms with Gasteiger partial charge in [0.2, 0.25) is 6.10 Å². The number of urea groups is 1. The Kier molecular flexibility index (Phi) is 6.29. The zero-order chi connectivity index (χ0) is 20.8. The normalized spacial score (nSPS) is 11.7. The van der Waals surface area contributed by atoms with Crippen LogP contribution in [-0.2, 0) is 27.2 Å². The number of hydrogen-bond donors (Lipinski definition) is 2. The number of carbonyl (C=O) groups excluding carboxylic acids is 3. The van der Waals surface area contributed by atoms with Gasteiger partial charge < -0.3 is 14.5 Å². The van der Waals surface area contributed by atoms with Gasteiger partial charge in [0.05, 0.1) is 12.7 Å². The van der Waals surface area contributed by atoms with Crippen LogP contribution in [0.15, 0.2) is 59.2 Å². The summed E-state index contributed by atoms with van der Waals surface area (Å²) in [4.78, 5) is 36.5. The lowest BCUT2D eigenvalue weighted by Crippen LogP contribution is -2.41. The molecular formula is C22H22N2O5. The Bertz CT molecular complexity index is 1030. The number of fused-ring (bicyclic) bond motifs is 1. The summed E-state index contributed by atoms with van der Waals surface area (Å²) in [5.41, 5.74) is 2.97. The molecule has 3 rings (SSSR count). The molecule has 0 aliphatic heterocycles. The van der Waals surface area contributed by atoms with E-state index in [1.165, 1.54) is 13.3 Å². The summed E-state index contributed by atoms with van der Waals surface area (Å²) >= 11 is 0. The minimum Gasteiger partial charge on any atom is -0.464 e. The zero-order valence-corrected chi connectivity index (χ0v) is 16.2. The van der Waals surface area contributed by atoms with Crippen molar-refractivity contribution in [3.05, 3.63) is 71.5 Å². The van der Waals surface area contributed by atoms with Crippen LogP contribution in [0.25, 0.3) is 11.0 Å². The third-order valence-corrected chi connectivity index (χ3v) is 4.52. The number of ether oxygens (including phenoxy) is 1. The van der Waals surface area contributed by atoms with E-state index in [9.17, 15) is 14.4 Å². The first kappa shape index (κ1) is 20.1. The van der Waals surface area contributed by atoms with Crippen molar-refractivity contribution in [2.75, 3.05) is 7.05 Å². The van der Waals surface area contributed by atoms with Crippen LogP contribution >= 0.6 is 0 Å². The quantitative estimate of drug-likeness (QED) is 0.626. The van der Waals surface area contributed by atoms with Gasteiger partial charge >= 0.3 is 12.0 Å². The second kappa shape index (κ2) is 9.05. The third kappa shape index (κ3) is 4.82. The first-order valence-electron chi connectivity index (χ1n) is 9.27. The van der Waals surface area contributed by atoms with Crippen molar-refractivity contribution in [1.29, 1.82) is 0 Å². The minimum atomic E-state index is -1.24. The summed E-state index contributed by atoms with van der Waals surface area (Å²) < 4.78 is 11.0. The molecule has 150 valence electrons. The SMILES string of the molecule is CCc1ccc2c(CC(=O)O[C@@H](C(=O)NC(=O)NC)c3ccccc3)coc2c1. The van der Waals surface area contributed by atoms with Gasteiger partial charge in [0.15, 0.2) is 0 Å².